The summed E-state index contributed by atoms with van der Waals surface area (Å²) in [6, 6.07) is 0. The number of carbonyl (C=O) groups is 1. The Kier molecular flexibility index (Phi) is 5.00. The first-order chi connectivity index (χ1) is 12.4. The Labute approximate surface area is 157 Å². The molecule has 138 valence electrons. The molecular formula is C18H22ClN5O2. The van der Waals surface area contributed by atoms with Crippen molar-refractivity contribution < 1.29 is 9.53 Å². The maximum absolute atomic E-state index is 12.7. The second kappa shape index (κ2) is 7.07. The number of nitrogens with two attached hydrogens (primary N) is 1. The first-order valence-electron chi connectivity index (χ1n) is 8.46. The first-order valence-corrected chi connectivity index (χ1v) is 8.84. The van der Waals surface area contributed by atoms with Gasteiger partial charge in [0, 0.05) is 22.9 Å². The zero-order valence-corrected chi connectivity index (χ0v) is 16.1. The number of hydrogen-bond donors (Lipinski definition) is 1. The number of aromatic nitrogens is 3. The van der Waals surface area contributed by atoms with Crippen LogP contribution in [0.15, 0.2) is 6.20 Å². The molecule has 7 nitrogen and oxygen atoms in total. The largest absolute Gasteiger partial charge is 0.496 e. The summed E-state index contributed by atoms with van der Waals surface area (Å²) in [5.74, 6) is 1.28. The van der Waals surface area contributed by atoms with Gasteiger partial charge in [-0.25, -0.2) is 4.98 Å². The van der Waals surface area contributed by atoms with Crippen LogP contribution in [0.4, 0.5) is 11.8 Å². The minimum Gasteiger partial charge on any atom is -0.496 e. The molecule has 0 saturated carbocycles. The van der Waals surface area contributed by atoms with E-state index in [0.29, 0.717) is 24.3 Å². The van der Waals surface area contributed by atoms with Crippen molar-refractivity contribution in [2.45, 2.75) is 39.7 Å². The molecule has 3 heterocycles. The molecule has 2 N–H and O–H groups in total. The van der Waals surface area contributed by atoms with Crippen molar-refractivity contribution in [3.8, 4) is 5.75 Å². The van der Waals surface area contributed by atoms with Crippen molar-refractivity contribution in [2.75, 3.05) is 24.3 Å². The molecule has 2 aromatic heterocycles. The van der Waals surface area contributed by atoms with E-state index in [0.717, 1.165) is 22.6 Å². The number of rotatable bonds is 4. The van der Waals surface area contributed by atoms with E-state index in [1.807, 2.05) is 25.7 Å². The summed E-state index contributed by atoms with van der Waals surface area (Å²) in [6.45, 7) is 6.49. The monoisotopic (exact) mass is 375 g/mol. The highest BCUT2D eigenvalue weighted by atomic mass is 35.5. The minimum absolute atomic E-state index is 0.0898. The standard InChI is InChI=1S/C18H22ClN5O2/c1-5-11-13(25)8-24(17-14(11)16(19)22-18(20)23-17)7-12-10(3)15(26-4)9(2)6-21-12/h6,11H,5,7-8H2,1-4H3,(H2,20,22,23). The molecule has 0 radical (unpaired) electrons. The van der Waals surface area contributed by atoms with Crippen molar-refractivity contribution in [3.63, 3.8) is 0 Å². The first kappa shape index (κ1) is 18.4. The third kappa shape index (κ3) is 3.07. The molecule has 26 heavy (non-hydrogen) atoms. The topological polar surface area (TPSA) is 94.2 Å². The fourth-order valence-electron chi connectivity index (χ4n) is 3.50. The molecule has 0 bridgehead atoms. The van der Waals surface area contributed by atoms with Gasteiger partial charge in [-0.1, -0.05) is 18.5 Å². The maximum atomic E-state index is 12.7. The maximum Gasteiger partial charge on any atom is 0.223 e. The molecule has 1 atom stereocenters. The number of pyridine rings is 1. The molecule has 0 fully saturated rings. The Morgan fingerprint density at radius 1 is 1.38 bits per heavy atom. The van der Waals surface area contributed by atoms with E-state index in [-0.39, 0.29) is 29.3 Å². The number of methoxy groups -OCH3 is 1. The van der Waals surface area contributed by atoms with Crippen LogP contribution in [0, 0.1) is 13.8 Å². The van der Waals surface area contributed by atoms with Gasteiger partial charge >= 0.3 is 0 Å². The molecule has 1 unspecified atom stereocenters. The molecule has 8 heteroatoms. The Balaban J connectivity index is 2.06. The van der Waals surface area contributed by atoms with Gasteiger partial charge in [0.05, 0.1) is 31.8 Å². The van der Waals surface area contributed by atoms with E-state index in [2.05, 4.69) is 15.0 Å². The molecule has 1 aliphatic rings. The number of anilines is 2. The Bertz CT molecular complexity index is 871. The predicted octanol–water partition coefficient (Wildman–Crippen LogP) is 2.82. The number of Topliss-reactive ketones (excluding diaryl/α,β-unsaturated/α-hetero) is 1. The van der Waals surface area contributed by atoms with Crippen molar-refractivity contribution in [3.05, 3.63) is 33.7 Å². The van der Waals surface area contributed by atoms with Crippen molar-refractivity contribution in [1.82, 2.24) is 15.0 Å². The number of ketones is 1. The number of nitrogens with zero attached hydrogens (tertiary/aromatic N) is 4. The molecule has 0 aliphatic carbocycles. The van der Waals surface area contributed by atoms with Crippen molar-refractivity contribution in [2.24, 2.45) is 0 Å². The van der Waals surface area contributed by atoms with Gasteiger partial charge in [0.1, 0.15) is 16.7 Å². The third-order valence-electron chi connectivity index (χ3n) is 4.78. The zero-order valence-electron chi connectivity index (χ0n) is 15.3. The number of aryl methyl sites for hydroxylation is 1. The Hall–Kier alpha value is -2.41. The number of hydrogen-bond acceptors (Lipinski definition) is 7. The molecule has 0 aromatic carbocycles. The van der Waals surface area contributed by atoms with E-state index < -0.39 is 0 Å². The number of nitrogen functional groups attached to an aromatic ring is 1. The average molecular weight is 376 g/mol. The highest BCUT2D eigenvalue weighted by molar-refractivity contribution is 6.31. The summed E-state index contributed by atoms with van der Waals surface area (Å²) in [4.78, 5) is 27.4. The van der Waals surface area contributed by atoms with Gasteiger partial charge in [0.25, 0.3) is 0 Å². The van der Waals surface area contributed by atoms with Crippen LogP contribution in [-0.4, -0.2) is 34.4 Å². The number of halogens is 1. The van der Waals surface area contributed by atoms with Gasteiger partial charge in [0.2, 0.25) is 5.95 Å². The zero-order chi connectivity index (χ0) is 19.0. The second-order valence-electron chi connectivity index (χ2n) is 6.44. The molecule has 0 amide bonds. The second-order valence-corrected chi connectivity index (χ2v) is 6.80. The molecular weight excluding hydrogens is 354 g/mol. The van der Waals surface area contributed by atoms with Gasteiger partial charge in [-0.3, -0.25) is 9.78 Å². The van der Waals surface area contributed by atoms with Crippen molar-refractivity contribution >= 4 is 29.2 Å². The van der Waals surface area contributed by atoms with Crippen LogP contribution in [-0.2, 0) is 11.3 Å². The van der Waals surface area contributed by atoms with Crippen LogP contribution in [0.25, 0.3) is 0 Å². The summed E-state index contributed by atoms with van der Waals surface area (Å²) in [5, 5.41) is 0.239. The molecule has 0 saturated heterocycles. The highest BCUT2D eigenvalue weighted by Gasteiger charge is 2.35. The number of ether oxygens (including phenoxy) is 1. The Morgan fingerprint density at radius 2 is 2.12 bits per heavy atom. The lowest BCUT2D eigenvalue weighted by molar-refractivity contribution is -0.119. The lowest BCUT2D eigenvalue weighted by Gasteiger charge is -2.33. The van der Waals surface area contributed by atoms with Gasteiger partial charge in [-0.15, -0.1) is 0 Å². The molecule has 0 spiro atoms. The smallest absolute Gasteiger partial charge is 0.223 e. The lowest BCUT2D eigenvalue weighted by Crippen LogP contribution is -2.39. The van der Waals surface area contributed by atoms with Gasteiger partial charge in [-0.2, -0.15) is 4.98 Å². The number of fused-ring (bicyclic) bond motifs is 1. The number of carbonyl (C=O) groups excluding carboxylic acids is 1. The van der Waals surface area contributed by atoms with Crippen LogP contribution in [0.1, 0.15) is 41.6 Å². The lowest BCUT2D eigenvalue weighted by atomic mass is 9.89. The predicted molar refractivity (Wildman–Crippen MR) is 101 cm³/mol. The van der Waals surface area contributed by atoms with E-state index >= 15 is 0 Å². The van der Waals surface area contributed by atoms with Gasteiger partial charge < -0.3 is 15.4 Å². The fourth-order valence-corrected chi connectivity index (χ4v) is 3.80. The van der Waals surface area contributed by atoms with Crippen LogP contribution >= 0.6 is 11.6 Å². The van der Waals surface area contributed by atoms with Gasteiger partial charge in [-0.05, 0) is 20.3 Å². The minimum atomic E-state index is -0.309. The van der Waals surface area contributed by atoms with E-state index in [1.165, 1.54) is 0 Å². The summed E-state index contributed by atoms with van der Waals surface area (Å²) >= 11 is 6.31. The normalized spacial score (nSPS) is 16.6. The third-order valence-corrected chi connectivity index (χ3v) is 5.07. The highest BCUT2D eigenvalue weighted by Crippen LogP contribution is 2.39. The van der Waals surface area contributed by atoms with Gasteiger partial charge in [0.15, 0.2) is 5.78 Å². The van der Waals surface area contributed by atoms with Crippen LogP contribution < -0.4 is 15.4 Å². The van der Waals surface area contributed by atoms with Crippen LogP contribution in [0.5, 0.6) is 5.75 Å². The van der Waals surface area contributed by atoms with E-state index in [4.69, 9.17) is 22.1 Å². The molecule has 3 rings (SSSR count). The van der Waals surface area contributed by atoms with E-state index in [1.54, 1.807) is 13.3 Å². The van der Waals surface area contributed by atoms with Crippen molar-refractivity contribution in [1.29, 1.82) is 0 Å². The van der Waals surface area contributed by atoms with E-state index in [9.17, 15) is 4.79 Å². The summed E-state index contributed by atoms with van der Waals surface area (Å²) < 4.78 is 5.48. The quantitative estimate of drug-likeness (QED) is 0.821. The van der Waals surface area contributed by atoms with Crippen LogP contribution in [0.3, 0.4) is 0 Å². The Morgan fingerprint density at radius 3 is 2.77 bits per heavy atom. The summed E-state index contributed by atoms with van der Waals surface area (Å²) in [7, 11) is 1.64. The fraction of sp³-hybridized carbons (Fsp3) is 0.444. The average Bonchev–Trinajstić information content (AvgIpc) is 2.58. The summed E-state index contributed by atoms with van der Waals surface area (Å²) in [6.07, 6.45) is 2.41. The summed E-state index contributed by atoms with van der Waals surface area (Å²) in [5.41, 5.74) is 9.16. The SMILES string of the molecule is CCC1C(=O)CN(Cc2ncc(C)c(OC)c2C)c2nc(N)nc(Cl)c21. The molecule has 2 aromatic rings. The molecule has 1 aliphatic heterocycles. The van der Waals surface area contributed by atoms with Crippen LogP contribution in [0.2, 0.25) is 5.15 Å².